The maximum Gasteiger partial charge on any atom is 0.321 e. The molecule has 0 N–H and O–H groups in total. The van der Waals surface area contributed by atoms with E-state index in [0.29, 0.717) is 5.56 Å². The molecule has 118 valence electrons. The Morgan fingerprint density at radius 3 is 2.27 bits per heavy atom. The number of allylic oxidation sites excluding steroid dienone is 1. The van der Waals surface area contributed by atoms with Crippen LogP contribution in [-0.4, -0.2) is 31.4 Å². The molecule has 0 heterocycles. The van der Waals surface area contributed by atoms with Crippen molar-refractivity contribution in [1.82, 2.24) is 0 Å². The first kappa shape index (κ1) is 17.6. The third-order valence-electron chi connectivity index (χ3n) is 3.38. The first-order valence-electron chi connectivity index (χ1n) is 6.79. The fourth-order valence-electron chi connectivity index (χ4n) is 1.87. The van der Waals surface area contributed by atoms with E-state index in [2.05, 4.69) is 11.3 Å². The quantitative estimate of drug-likeness (QED) is 0.335. The van der Waals surface area contributed by atoms with Gasteiger partial charge in [-0.3, -0.25) is 14.4 Å². The number of ether oxygens (including phenoxy) is 2. The molecule has 0 spiro atoms. The largest absolute Gasteiger partial charge is 0.468 e. The zero-order chi connectivity index (χ0) is 16.8. The van der Waals surface area contributed by atoms with Crippen LogP contribution >= 0.6 is 0 Å². The van der Waals surface area contributed by atoms with Gasteiger partial charge in [-0.15, -0.1) is 6.58 Å². The highest BCUT2D eigenvalue weighted by molar-refractivity contribution is 6.00. The average molecular weight is 304 g/mol. The van der Waals surface area contributed by atoms with Gasteiger partial charge >= 0.3 is 11.9 Å². The summed E-state index contributed by atoms with van der Waals surface area (Å²) in [5.41, 5.74) is -0.409. The Morgan fingerprint density at radius 2 is 1.77 bits per heavy atom. The van der Waals surface area contributed by atoms with E-state index < -0.39 is 29.9 Å². The minimum absolute atomic E-state index is 0.339. The summed E-state index contributed by atoms with van der Waals surface area (Å²) in [6.07, 6.45) is 1.48. The first-order valence-corrected chi connectivity index (χ1v) is 6.79. The van der Waals surface area contributed by atoms with Gasteiger partial charge in [-0.05, 0) is 0 Å². The van der Waals surface area contributed by atoms with Crippen LogP contribution in [0.1, 0.15) is 24.2 Å². The predicted molar refractivity (Wildman–Crippen MR) is 81.2 cm³/mol. The van der Waals surface area contributed by atoms with Crippen LogP contribution in [-0.2, 0) is 19.1 Å². The molecule has 0 bridgehead atoms. The number of methoxy groups -OCH3 is 1. The Morgan fingerprint density at radius 1 is 1.18 bits per heavy atom. The van der Waals surface area contributed by atoms with Crippen LogP contribution in [0.15, 0.2) is 43.0 Å². The minimum Gasteiger partial charge on any atom is -0.468 e. The van der Waals surface area contributed by atoms with Gasteiger partial charge in [-0.1, -0.05) is 50.3 Å². The molecule has 0 aromatic heterocycles. The van der Waals surface area contributed by atoms with Crippen molar-refractivity contribution in [2.24, 2.45) is 11.3 Å². The molecular formula is C17H20O5. The second kappa shape index (κ2) is 7.54. The van der Waals surface area contributed by atoms with Crippen molar-refractivity contribution in [3.05, 3.63) is 48.6 Å². The smallest absolute Gasteiger partial charge is 0.321 e. The van der Waals surface area contributed by atoms with E-state index in [0.717, 1.165) is 0 Å². The van der Waals surface area contributed by atoms with Gasteiger partial charge in [-0.25, -0.2) is 0 Å². The molecule has 1 aromatic carbocycles. The molecule has 1 rings (SSSR count). The summed E-state index contributed by atoms with van der Waals surface area (Å²) in [6.45, 7) is 6.52. The van der Waals surface area contributed by atoms with Crippen molar-refractivity contribution in [2.75, 3.05) is 13.7 Å². The predicted octanol–water partition coefficient (Wildman–Crippen LogP) is 2.41. The maximum atomic E-state index is 12.2. The Bertz CT molecular complexity index is 560. The van der Waals surface area contributed by atoms with Crippen LogP contribution in [0.3, 0.4) is 0 Å². The summed E-state index contributed by atoms with van der Waals surface area (Å²) < 4.78 is 9.64. The number of ketones is 1. The molecule has 1 atom stereocenters. The summed E-state index contributed by atoms with van der Waals surface area (Å²) in [7, 11) is 1.19. The molecule has 0 fully saturated rings. The molecule has 0 aliphatic carbocycles. The third-order valence-corrected chi connectivity index (χ3v) is 3.38. The lowest BCUT2D eigenvalue weighted by Gasteiger charge is -2.27. The lowest BCUT2D eigenvalue weighted by Crippen LogP contribution is -2.38. The van der Waals surface area contributed by atoms with Gasteiger partial charge in [0.1, 0.15) is 0 Å². The van der Waals surface area contributed by atoms with Gasteiger partial charge in [0.25, 0.3) is 0 Å². The number of carbonyl (C=O) groups is 3. The van der Waals surface area contributed by atoms with E-state index in [1.165, 1.54) is 13.2 Å². The number of rotatable bonds is 7. The van der Waals surface area contributed by atoms with Gasteiger partial charge < -0.3 is 9.47 Å². The molecule has 0 aliphatic rings. The van der Waals surface area contributed by atoms with Gasteiger partial charge in [0, 0.05) is 11.0 Å². The van der Waals surface area contributed by atoms with Crippen molar-refractivity contribution >= 4 is 17.7 Å². The summed E-state index contributed by atoms with van der Waals surface area (Å²) in [6, 6.07) is 8.46. The van der Waals surface area contributed by atoms with Crippen LogP contribution in [0.4, 0.5) is 0 Å². The fraction of sp³-hybridized carbons (Fsp3) is 0.353. The number of esters is 2. The molecular weight excluding hydrogens is 284 g/mol. The highest BCUT2D eigenvalue weighted by Crippen LogP contribution is 2.30. The van der Waals surface area contributed by atoms with Crippen molar-refractivity contribution < 1.29 is 23.9 Å². The van der Waals surface area contributed by atoms with Gasteiger partial charge in [-0.2, -0.15) is 0 Å². The zero-order valence-corrected chi connectivity index (χ0v) is 13.0. The van der Waals surface area contributed by atoms with Crippen molar-refractivity contribution in [1.29, 1.82) is 0 Å². The summed E-state index contributed by atoms with van der Waals surface area (Å²) in [5.74, 6) is -3.03. The minimum atomic E-state index is -1.17. The van der Waals surface area contributed by atoms with Crippen LogP contribution in [0, 0.1) is 11.3 Å². The number of carbonyl (C=O) groups excluding carboxylic acids is 3. The van der Waals surface area contributed by atoms with E-state index in [-0.39, 0.29) is 5.78 Å². The Labute approximate surface area is 129 Å². The van der Waals surface area contributed by atoms with E-state index in [4.69, 9.17) is 4.74 Å². The Hall–Kier alpha value is -2.43. The number of hydrogen-bond acceptors (Lipinski definition) is 5. The summed E-state index contributed by atoms with van der Waals surface area (Å²) >= 11 is 0. The maximum absolute atomic E-state index is 12.2. The molecule has 5 nitrogen and oxygen atoms in total. The van der Waals surface area contributed by atoms with E-state index in [1.807, 2.05) is 0 Å². The fourth-order valence-corrected chi connectivity index (χ4v) is 1.87. The highest BCUT2D eigenvalue weighted by atomic mass is 16.6. The van der Waals surface area contributed by atoms with E-state index in [9.17, 15) is 14.4 Å². The first-order chi connectivity index (χ1) is 10.3. The second-order valence-electron chi connectivity index (χ2n) is 5.38. The third kappa shape index (κ3) is 4.28. The van der Waals surface area contributed by atoms with Gasteiger partial charge in [0.05, 0.1) is 7.11 Å². The van der Waals surface area contributed by atoms with Crippen molar-refractivity contribution in [3.8, 4) is 0 Å². The van der Waals surface area contributed by atoms with Crippen molar-refractivity contribution in [3.63, 3.8) is 0 Å². The van der Waals surface area contributed by atoms with Crippen LogP contribution < -0.4 is 0 Å². The van der Waals surface area contributed by atoms with Crippen LogP contribution in [0.25, 0.3) is 0 Å². The number of Topliss-reactive ketones (excluding diaryl/α,β-unsaturated/α-hetero) is 1. The highest BCUT2D eigenvalue weighted by Gasteiger charge is 2.41. The number of hydrogen-bond donors (Lipinski definition) is 0. The second-order valence-corrected chi connectivity index (χ2v) is 5.38. The molecule has 0 saturated heterocycles. The molecule has 22 heavy (non-hydrogen) atoms. The Balaban J connectivity index is 2.78. The molecule has 0 saturated carbocycles. The molecule has 0 aliphatic heterocycles. The molecule has 0 radical (unpaired) electrons. The lowest BCUT2D eigenvalue weighted by atomic mass is 9.79. The lowest BCUT2D eigenvalue weighted by molar-refractivity contribution is -0.164. The average Bonchev–Trinajstić information content (AvgIpc) is 2.53. The van der Waals surface area contributed by atoms with Gasteiger partial charge in [0.15, 0.2) is 18.3 Å². The number of benzene rings is 1. The molecule has 1 aromatic rings. The Kier molecular flexibility index (Phi) is 6.04. The van der Waals surface area contributed by atoms with Crippen LogP contribution in [0.5, 0.6) is 0 Å². The zero-order valence-electron chi connectivity index (χ0n) is 13.0. The standard InChI is InChI=1S/C17H20O5/c1-5-17(2,3)14(15(19)21-4)16(20)22-11-13(18)12-9-7-6-8-10-12/h5-10,14H,1,11H2,2-4H3/t14-/m1/s1. The topological polar surface area (TPSA) is 69.7 Å². The SMILES string of the molecule is C=CC(C)(C)[C@H](C(=O)OC)C(=O)OCC(=O)c1ccccc1. The normalized spacial score (nSPS) is 12.1. The molecule has 0 unspecified atom stereocenters. The summed E-state index contributed by atoms with van der Waals surface area (Å²) in [4.78, 5) is 35.9. The van der Waals surface area contributed by atoms with E-state index in [1.54, 1.807) is 44.2 Å². The molecule has 5 heteroatoms. The monoisotopic (exact) mass is 304 g/mol. The van der Waals surface area contributed by atoms with E-state index >= 15 is 0 Å². The molecule has 0 amide bonds. The van der Waals surface area contributed by atoms with Crippen molar-refractivity contribution in [2.45, 2.75) is 13.8 Å². The van der Waals surface area contributed by atoms with Crippen LogP contribution in [0.2, 0.25) is 0 Å². The summed E-state index contributed by atoms with van der Waals surface area (Å²) in [5, 5.41) is 0. The van der Waals surface area contributed by atoms with Gasteiger partial charge in [0.2, 0.25) is 0 Å².